The number of para-hydroxylation sites is 1. The van der Waals surface area contributed by atoms with Crippen LogP contribution in [0.2, 0.25) is 0 Å². The summed E-state index contributed by atoms with van der Waals surface area (Å²) in [7, 11) is 1.31. The van der Waals surface area contributed by atoms with Gasteiger partial charge in [0.2, 0.25) is 11.1 Å². The summed E-state index contributed by atoms with van der Waals surface area (Å²) < 4.78 is 7.06. The standard InChI is InChI=1S/C25H27N5O3S/c1-4-15-30-18-14-10-9-13-17(18)21-22(30)27-25(29-28-21)34-19(5-2)23(31)26-20(24(32)33-3)16-11-7-6-8-12-16/h6-14,19-20H,4-5,15H2,1-3H3,(H,26,31)/t19-,20-/m1/s1. The van der Waals surface area contributed by atoms with Crippen LogP contribution in [-0.4, -0.2) is 44.0 Å². The lowest BCUT2D eigenvalue weighted by molar-refractivity contribution is -0.145. The number of nitrogens with zero attached hydrogens (tertiary/aromatic N) is 4. The van der Waals surface area contributed by atoms with Gasteiger partial charge in [-0.15, -0.1) is 10.2 Å². The van der Waals surface area contributed by atoms with Crippen LogP contribution in [0.4, 0.5) is 0 Å². The molecule has 8 nitrogen and oxygen atoms in total. The van der Waals surface area contributed by atoms with Crippen molar-refractivity contribution < 1.29 is 14.3 Å². The number of carbonyl (C=O) groups excluding carboxylic acids is 2. The number of fused-ring (bicyclic) bond motifs is 3. The Morgan fingerprint density at radius 1 is 1.06 bits per heavy atom. The van der Waals surface area contributed by atoms with Crippen molar-refractivity contribution in [1.82, 2.24) is 25.1 Å². The summed E-state index contributed by atoms with van der Waals surface area (Å²) in [6, 6.07) is 16.2. The number of nitrogens with one attached hydrogen (secondary N) is 1. The van der Waals surface area contributed by atoms with E-state index in [9.17, 15) is 9.59 Å². The third-order valence-corrected chi connectivity index (χ3v) is 6.78. The average molecular weight is 478 g/mol. The number of hydrogen-bond acceptors (Lipinski definition) is 7. The van der Waals surface area contributed by atoms with E-state index in [2.05, 4.69) is 33.1 Å². The Labute approximate surface area is 202 Å². The third kappa shape index (κ3) is 4.75. The van der Waals surface area contributed by atoms with E-state index in [0.717, 1.165) is 35.0 Å². The van der Waals surface area contributed by atoms with Crippen LogP contribution >= 0.6 is 11.8 Å². The fraction of sp³-hybridized carbons (Fsp3) is 0.320. The van der Waals surface area contributed by atoms with Gasteiger partial charge in [-0.2, -0.15) is 0 Å². The number of benzene rings is 2. The molecule has 176 valence electrons. The Kier molecular flexibility index (Phi) is 7.42. The molecule has 2 aromatic carbocycles. The first-order chi connectivity index (χ1) is 16.6. The number of aromatic nitrogens is 4. The summed E-state index contributed by atoms with van der Waals surface area (Å²) >= 11 is 1.24. The van der Waals surface area contributed by atoms with E-state index in [1.54, 1.807) is 12.1 Å². The molecule has 4 rings (SSSR count). The van der Waals surface area contributed by atoms with Crippen molar-refractivity contribution in [3.63, 3.8) is 0 Å². The fourth-order valence-corrected chi connectivity index (χ4v) is 4.74. The fourth-order valence-electron chi connectivity index (χ4n) is 3.92. The van der Waals surface area contributed by atoms with Crippen LogP contribution in [0.25, 0.3) is 22.1 Å². The van der Waals surface area contributed by atoms with Gasteiger partial charge in [0.1, 0.15) is 5.52 Å². The molecule has 0 spiro atoms. The molecule has 0 aliphatic carbocycles. The molecule has 0 aliphatic heterocycles. The van der Waals surface area contributed by atoms with Crippen LogP contribution in [-0.2, 0) is 20.9 Å². The number of hydrogen-bond donors (Lipinski definition) is 1. The maximum atomic E-state index is 13.1. The van der Waals surface area contributed by atoms with Crippen molar-refractivity contribution in [2.24, 2.45) is 0 Å². The topological polar surface area (TPSA) is 99.0 Å². The molecule has 2 aromatic heterocycles. The summed E-state index contributed by atoms with van der Waals surface area (Å²) in [5.74, 6) is -0.813. The third-order valence-electron chi connectivity index (χ3n) is 5.57. The molecular formula is C25H27N5O3S. The first kappa shape index (κ1) is 23.7. The van der Waals surface area contributed by atoms with Gasteiger partial charge in [0.05, 0.1) is 17.9 Å². The number of methoxy groups -OCH3 is 1. The van der Waals surface area contributed by atoms with Crippen LogP contribution in [0, 0.1) is 0 Å². The molecule has 1 amide bonds. The molecule has 0 unspecified atom stereocenters. The zero-order chi connectivity index (χ0) is 24.1. The van der Waals surface area contributed by atoms with Gasteiger partial charge in [-0.05, 0) is 24.5 Å². The molecule has 0 saturated carbocycles. The van der Waals surface area contributed by atoms with E-state index in [-0.39, 0.29) is 5.91 Å². The molecule has 34 heavy (non-hydrogen) atoms. The molecule has 1 N–H and O–H groups in total. The van der Waals surface area contributed by atoms with Crippen molar-refractivity contribution in [2.75, 3.05) is 7.11 Å². The molecule has 0 bridgehead atoms. The Bertz CT molecular complexity index is 1310. The van der Waals surface area contributed by atoms with Crippen LogP contribution in [0.5, 0.6) is 0 Å². The second-order valence-electron chi connectivity index (χ2n) is 7.83. The number of amides is 1. The molecule has 2 atom stereocenters. The zero-order valence-electron chi connectivity index (χ0n) is 19.4. The SMILES string of the molecule is CCCn1c2ccccc2c2nnc(S[C@H](CC)C(=O)N[C@@H](C(=O)OC)c3ccccc3)nc21. The molecule has 2 heterocycles. The number of rotatable bonds is 9. The van der Waals surface area contributed by atoms with E-state index in [1.165, 1.54) is 18.9 Å². The van der Waals surface area contributed by atoms with Crippen LogP contribution in [0.3, 0.4) is 0 Å². The predicted molar refractivity (Wildman–Crippen MR) is 132 cm³/mol. The molecular weight excluding hydrogens is 450 g/mol. The Morgan fingerprint density at radius 2 is 1.79 bits per heavy atom. The largest absolute Gasteiger partial charge is 0.467 e. The molecule has 0 fully saturated rings. The number of ether oxygens (including phenoxy) is 1. The quantitative estimate of drug-likeness (QED) is 0.284. The van der Waals surface area contributed by atoms with Crippen molar-refractivity contribution >= 4 is 45.7 Å². The highest BCUT2D eigenvalue weighted by Crippen LogP contribution is 2.29. The maximum Gasteiger partial charge on any atom is 0.333 e. The van der Waals surface area contributed by atoms with Gasteiger partial charge in [-0.25, -0.2) is 9.78 Å². The van der Waals surface area contributed by atoms with Crippen molar-refractivity contribution in [1.29, 1.82) is 0 Å². The van der Waals surface area contributed by atoms with Crippen molar-refractivity contribution in [3.05, 3.63) is 60.2 Å². The number of carbonyl (C=O) groups is 2. The minimum Gasteiger partial charge on any atom is -0.467 e. The molecule has 9 heteroatoms. The minimum atomic E-state index is -0.887. The van der Waals surface area contributed by atoms with Gasteiger partial charge in [-0.1, -0.05) is 74.1 Å². The molecule has 4 aromatic rings. The van der Waals surface area contributed by atoms with E-state index in [1.807, 2.05) is 43.3 Å². The maximum absolute atomic E-state index is 13.1. The molecule has 0 radical (unpaired) electrons. The normalized spacial score (nSPS) is 13.0. The van der Waals surface area contributed by atoms with Gasteiger partial charge < -0.3 is 14.6 Å². The van der Waals surface area contributed by atoms with E-state index < -0.39 is 17.3 Å². The first-order valence-electron chi connectivity index (χ1n) is 11.3. The second kappa shape index (κ2) is 10.6. The Balaban J connectivity index is 1.60. The first-order valence-corrected chi connectivity index (χ1v) is 12.2. The Morgan fingerprint density at radius 3 is 2.50 bits per heavy atom. The van der Waals surface area contributed by atoms with Crippen molar-refractivity contribution in [3.8, 4) is 0 Å². The minimum absolute atomic E-state index is 0.287. The summed E-state index contributed by atoms with van der Waals surface area (Å²) in [6.07, 6.45) is 1.48. The van der Waals surface area contributed by atoms with Gasteiger partial charge in [0.15, 0.2) is 11.7 Å². The number of aryl methyl sites for hydroxylation is 1. The molecule has 0 saturated heterocycles. The monoisotopic (exact) mass is 477 g/mol. The predicted octanol–water partition coefficient (Wildman–Crippen LogP) is 4.29. The smallest absolute Gasteiger partial charge is 0.333 e. The van der Waals surface area contributed by atoms with Gasteiger partial charge >= 0.3 is 5.97 Å². The average Bonchev–Trinajstić information content (AvgIpc) is 3.19. The van der Waals surface area contributed by atoms with Crippen LogP contribution in [0.15, 0.2) is 59.8 Å². The van der Waals surface area contributed by atoms with Crippen LogP contribution < -0.4 is 5.32 Å². The molecule has 0 aliphatic rings. The van der Waals surface area contributed by atoms with Gasteiger partial charge in [0, 0.05) is 11.9 Å². The number of esters is 1. The summed E-state index contributed by atoms with van der Waals surface area (Å²) in [4.78, 5) is 30.3. The lowest BCUT2D eigenvalue weighted by Crippen LogP contribution is -2.39. The van der Waals surface area contributed by atoms with Gasteiger partial charge in [0.25, 0.3) is 0 Å². The number of thioether (sulfide) groups is 1. The lowest BCUT2D eigenvalue weighted by Gasteiger charge is -2.20. The van der Waals surface area contributed by atoms with Crippen molar-refractivity contribution in [2.45, 2.75) is 49.7 Å². The zero-order valence-corrected chi connectivity index (χ0v) is 20.2. The van der Waals surface area contributed by atoms with E-state index in [0.29, 0.717) is 17.1 Å². The Hall–Kier alpha value is -3.46. The van der Waals surface area contributed by atoms with E-state index in [4.69, 9.17) is 9.72 Å². The van der Waals surface area contributed by atoms with E-state index >= 15 is 0 Å². The highest BCUT2D eigenvalue weighted by atomic mass is 32.2. The lowest BCUT2D eigenvalue weighted by atomic mass is 10.1. The summed E-state index contributed by atoms with van der Waals surface area (Å²) in [6.45, 7) is 4.84. The summed E-state index contributed by atoms with van der Waals surface area (Å²) in [5.41, 5.74) is 3.23. The summed E-state index contributed by atoms with van der Waals surface area (Å²) in [5, 5.41) is 12.5. The van der Waals surface area contributed by atoms with Crippen LogP contribution in [0.1, 0.15) is 38.3 Å². The highest BCUT2D eigenvalue weighted by Gasteiger charge is 2.28. The highest BCUT2D eigenvalue weighted by molar-refractivity contribution is 8.00. The second-order valence-corrected chi connectivity index (χ2v) is 9.00. The van der Waals surface area contributed by atoms with Gasteiger partial charge in [-0.3, -0.25) is 4.79 Å².